The summed E-state index contributed by atoms with van der Waals surface area (Å²) in [5.74, 6) is -1.42. The Kier molecular flexibility index (Phi) is 3.61. The third-order valence-corrected chi connectivity index (χ3v) is 2.67. The summed E-state index contributed by atoms with van der Waals surface area (Å²) >= 11 is 0. The van der Waals surface area contributed by atoms with Gasteiger partial charge in [0, 0.05) is 23.5 Å². The summed E-state index contributed by atoms with van der Waals surface area (Å²) in [5, 5.41) is 21.8. The van der Waals surface area contributed by atoms with E-state index in [2.05, 4.69) is 10.3 Å². The van der Waals surface area contributed by atoms with Crippen LogP contribution < -0.4 is 5.32 Å². The molecule has 0 saturated heterocycles. The minimum atomic E-state index is -1.01. The maximum atomic E-state index is 11.1. The van der Waals surface area contributed by atoms with Crippen molar-refractivity contribution in [3.8, 4) is 0 Å². The van der Waals surface area contributed by atoms with E-state index in [-0.39, 0.29) is 18.5 Å². The Morgan fingerprint density at radius 3 is 2.63 bits per heavy atom. The molecule has 1 aromatic heterocycles. The Morgan fingerprint density at radius 1 is 1.16 bits per heavy atom. The minimum absolute atomic E-state index is 0.0311. The van der Waals surface area contributed by atoms with Crippen LogP contribution in [0.2, 0.25) is 0 Å². The standard InChI is InChI=1S/C13H12N2O4/c16-11(17)5-7-15-12-9-2-1-3-10(13(18)19)8(9)4-6-14-12/h1-4,6H,5,7H2,(H,14,15)(H,16,17)(H,18,19). The Morgan fingerprint density at radius 2 is 1.95 bits per heavy atom. The highest BCUT2D eigenvalue weighted by atomic mass is 16.4. The number of aromatic nitrogens is 1. The van der Waals surface area contributed by atoms with Gasteiger partial charge in [0.1, 0.15) is 5.82 Å². The first-order valence-electron chi connectivity index (χ1n) is 5.66. The van der Waals surface area contributed by atoms with Crippen LogP contribution in [0.15, 0.2) is 30.5 Å². The minimum Gasteiger partial charge on any atom is -0.481 e. The van der Waals surface area contributed by atoms with E-state index in [4.69, 9.17) is 10.2 Å². The number of aliphatic carboxylic acids is 1. The van der Waals surface area contributed by atoms with Crippen molar-refractivity contribution in [2.75, 3.05) is 11.9 Å². The van der Waals surface area contributed by atoms with Crippen LogP contribution in [0.4, 0.5) is 5.82 Å². The van der Waals surface area contributed by atoms with E-state index >= 15 is 0 Å². The number of rotatable bonds is 5. The monoisotopic (exact) mass is 260 g/mol. The predicted octanol–water partition coefficient (Wildman–Crippen LogP) is 1.82. The molecule has 0 spiro atoms. The lowest BCUT2D eigenvalue weighted by atomic mass is 10.1. The Labute approximate surface area is 108 Å². The number of benzene rings is 1. The number of aromatic carboxylic acids is 1. The lowest BCUT2D eigenvalue weighted by molar-refractivity contribution is -0.136. The summed E-state index contributed by atoms with van der Waals surface area (Å²) < 4.78 is 0. The van der Waals surface area contributed by atoms with Crippen molar-refractivity contribution in [2.45, 2.75) is 6.42 Å². The fourth-order valence-electron chi connectivity index (χ4n) is 1.82. The van der Waals surface area contributed by atoms with Gasteiger partial charge in [-0.1, -0.05) is 12.1 Å². The predicted molar refractivity (Wildman–Crippen MR) is 69.4 cm³/mol. The number of hydrogen-bond donors (Lipinski definition) is 3. The Bertz CT molecular complexity index is 640. The molecule has 2 rings (SSSR count). The van der Waals surface area contributed by atoms with Gasteiger partial charge < -0.3 is 15.5 Å². The normalized spacial score (nSPS) is 10.3. The summed E-state index contributed by atoms with van der Waals surface area (Å²) in [6, 6.07) is 6.53. The molecule has 6 heteroatoms. The van der Waals surface area contributed by atoms with E-state index in [1.54, 1.807) is 18.2 Å². The first kappa shape index (κ1) is 12.8. The molecule has 0 radical (unpaired) electrons. The Balaban J connectivity index is 2.38. The van der Waals surface area contributed by atoms with Gasteiger partial charge in [0.15, 0.2) is 0 Å². The van der Waals surface area contributed by atoms with Crippen LogP contribution in [0, 0.1) is 0 Å². The molecule has 3 N–H and O–H groups in total. The second kappa shape index (κ2) is 5.34. The summed E-state index contributed by atoms with van der Waals surface area (Å²) in [4.78, 5) is 25.7. The molecule has 6 nitrogen and oxygen atoms in total. The fourth-order valence-corrected chi connectivity index (χ4v) is 1.82. The van der Waals surface area contributed by atoms with E-state index in [9.17, 15) is 9.59 Å². The van der Waals surface area contributed by atoms with Crippen LogP contribution in [0.3, 0.4) is 0 Å². The highest BCUT2D eigenvalue weighted by molar-refractivity contribution is 6.06. The summed E-state index contributed by atoms with van der Waals surface area (Å²) in [7, 11) is 0. The number of nitrogens with zero attached hydrogens (tertiary/aromatic N) is 1. The number of pyridine rings is 1. The quantitative estimate of drug-likeness (QED) is 0.758. The maximum absolute atomic E-state index is 11.1. The number of carbonyl (C=O) groups is 2. The third-order valence-electron chi connectivity index (χ3n) is 2.67. The first-order valence-corrected chi connectivity index (χ1v) is 5.66. The van der Waals surface area contributed by atoms with Gasteiger partial charge in [-0.05, 0) is 12.1 Å². The van der Waals surface area contributed by atoms with Crippen LogP contribution in [0.5, 0.6) is 0 Å². The average Bonchev–Trinajstić information content (AvgIpc) is 2.37. The van der Waals surface area contributed by atoms with Gasteiger partial charge in [-0.25, -0.2) is 9.78 Å². The molecule has 0 aliphatic heterocycles. The zero-order chi connectivity index (χ0) is 13.8. The van der Waals surface area contributed by atoms with Gasteiger partial charge in [0.2, 0.25) is 0 Å². The van der Waals surface area contributed by atoms with Crippen molar-refractivity contribution in [3.63, 3.8) is 0 Å². The Hall–Kier alpha value is -2.63. The number of fused-ring (bicyclic) bond motifs is 1. The molecule has 0 saturated carbocycles. The number of anilines is 1. The van der Waals surface area contributed by atoms with Crippen molar-refractivity contribution in [3.05, 3.63) is 36.0 Å². The average molecular weight is 260 g/mol. The SMILES string of the molecule is O=C(O)CCNc1nccc2c(C(=O)O)cccc12. The van der Waals surface area contributed by atoms with Crippen LogP contribution in [0.25, 0.3) is 10.8 Å². The molecule has 0 fully saturated rings. The van der Waals surface area contributed by atoms with Crippen LogP contribution in [-0.2, 0) is 4.79 Å². The van der Waals surface area contributed by atoms with E-state index in [1.807, 2.05) is 0 Å². The second-order valence-electron chi connectivity index (χ2n) is 3.94. The van der Waals surface area contributed by atoms with Crippen molar-refractivity contribution in [1.82, 2.24) is 4.98 Å². The number of carboxylic acids is 2. The third kappa shape index (κ3) is 2.79. The number of carboxylic acid groups (broad SMARTS) is 2. The van der Waals surface area contributed by atoms with Gasteiger partial charge >= 0.3 is 11.9 Å². The zero-order valence-electron chi connectivity index (χ0n) is 9.96. The van der Waals surface area contributed by atoms with Gasteiger partial charge in [-0.2, -0.15) is 0 Å². The molecule has 0 aliphatic rings. The van der Waals surface area contributed by atoms with E-state index in [0.717, 1.165) is 0 Å². The molecule has 1 heterocycles. The smallest absolute Gasteiger partial charge is 0.336 e. The van der Waals surface area contributed by atoms with Crippen molar-refractivity contribution in [2.24, 2.45) is 0 Å². The molecule has 19 heavy (non-hydrogen) atoms. The molecule has 0 bridgehead atoms. The zero-order valence-corrected chi connectivity index (χ0v) is 9.96. The topological polar surface area (TPSA) is 99.5 Å². The summed E-state index contributed by atoms with van der Waals surface area (Å²) in [6.07, 6.45) is 1.47. The van der Waals surface area contributed by atoms with Crippen molar-refractivity contribution >= 4 is 28.5 Å². The highest BCUT2D eigenvalue weighted by Crippen LogP contribution is 2.24. The molecule has 98 valence electrons. The number of nitrogens with one attached hydrogen (secondary N) is 1. The van der Waals surface area contributed by atoms with Gasteiger partial charge in [-0.3, -0.25) is 4.79 Å². The van der Waals surface area contributed by atoms with Gasteiger partial charge in [0.05, 0.1) is 12.0 Å². The van der Waals surface area contributed by atoms with Crippen LogP contribution >= 0.6 is 0 Å². The van der Waals surface area contributed by atoms with Gasteiger partial charge in [-0.15, -0.1) is 0 Å². The van der Waals surface area contributed by atoms with E-state index in [0.29, 0.717) is 16.6 Å². The first-order chi connectivity index (χ1) is 9.09. The highest BCUT2D eigenvalue weighted by Gasteiger charge is 2.10. The lowest BCUT2D eigenvalue weighted by Gasteiger charge is -2.09. The molecule has 0 aliphatic carbocycles. The molecule has 1 aromatic carbocycles. The van der Waals surface area contributed by atoms with Crippen molar-refractivity contribution in [1.29, 1.82) is 0 Å². The second-order valence-corrected chi connectivity index (χ2v) is 3.94. The lowest BCUT2D eigenvalue weighted by Crippen LogP contribution is -2.09. The van der Waals surface area contributed by atoms with Crippen molar-refractivity contribution < 1.29 is 19.8 Å². The largest absolute Gasteiger partial charge is 0.481 e. The number of hydrogen-bond acceptors (Lipinski definition) is 4. The molecule has 0 atom stereocenters. The maximum Gasteiger partial charge on any atom is 0.336 e. The molecule has 0 unspecified atom stereocenters. The molecule has 2 aromatic rings. The van der Waals surface area contributed by atoms with E-state index < -0.39 is 11.9 Å². The molecular formula is C13H12N2O4. The fraction of sp³-hybridized carbons (Fsp3) is 0.154. The van der Waals surface area contributed by atoms with Gasteiger partial charge in [0.25, 0.3) is 0 Å². The summed E-state index contributed by atoms with van der Waals surface area (Å²) in [6.45, 7) is 0.235. The molecular weight excluding hydrogens is 248 g/mol. The summed E-state index contributed by atoms with van der Waals surface area (Å²) in [5.41, 5.74) is 0.196. The van der Waals surface area contributed by atoms with E-state index in [1.165, 1.54) is 12.3 Å². The van der Waals surface area contributed by atoms with Crippen LogP contribution in [0.1, 0.15) is 16.8 Å². The molecule has 0 amide bonds. The van der Waals surface area contributed by atoms with Crippen LogP contribution in [-0.4, -0.2) is 33.7 Å².